The van der Waals surface area contributed by atoms with E-state index in [-0.39, 0.29) is 46.0 Å². The number of nitrogens with zero attached hydrogens (tertiary/aromatic N) is 2. The number of ether oxygens (including phenoxy) is 4. The number of methoxy groups -OCH3 is 4. The van der Waals surface area contributed by atoms with E-state index in [4.69, 9.17) is 30.5 Å². The second kappa shape index (κ2) is 17.0. The highest BCUT2D eigenvalue weighted by molar-refractivity contribution is 7.92. The Kier molecular flexibility index (Phi) is 13.4. The minimum atomic E-state index is -4.45. The molecule has 3 aromatic rings. The Balaban J connectivity index is 2.16. The lowest BCUT2D eigenvalue weighted by Crippen LogP contribution is -2.52. The van der Waals surface area contributed by atoms with Gasteiger partial charge in [0.25, 0.3) is 10.0 Å². The van der Waals surface area contributed by atoms with Gasteiger partial charge in [0.1, 0.15) is 24.1 Å². The Hall–Kier alpha value is -4.16. The standard InChI is InChI=1S/C33H42ClN3O8S/c1-7-9-17-35-33(39)27(8-2)36(21-23-11-10-12-25(18-23)42-3)32(38)22-37(28-19-24(34)13-15-29(28)43-4)46(40,41)26-14-16-30(44-5)31(20-26)45-6/h10-16,18-20,27H,7-9,17,21-22H2,1-6H3,(H,35,39)/t27-/m1/s1. The lowest BCUT2D eigenvalue weighted by atomic mass is 10.1. The van der Waals surface area contributed by atoms with Crippen molar-refractivity contribution >= 4 is 39.1 Å². The number of carbonyl (C=O) groups excluding carboxylic acids is 2. The van der Waals surface area contributed by atoms with Crippen molar-refractivity contribution in [3.63, 3.8) is 0 Å². The van der Waals surface area contributed by atoms with Gasteiger partial charge in [0.15, 0.2) is 11.5 Å². The predicted octanol–water partition coefficient (Wildman–Crippen LogP) is 5.29. The predicted molar refractivity (Wildman–Crippen MR) is 178 cm³/mol. The van der Waals surface area contributed by atoms with E-state index in [1.807, 2.05) is 13.0 Å². The summed E-state index contributed by atoms with van der Waals surface area (Å²) in [4.78, 5) is 29.1. The van der Waals surface area contributed by atoms with E-state index >= 15 is 0 Å². The fourth-order valence-electron chi connectivity index (χ4n) is 4.87. The second-order valence-corrected chi connectivity index (χ2v) is 12.6. The molecule has 46 heavy (non-hydrogen) atoms. The highest BCUT2D eigenvalue weighted by Gasteiger charge is 2.35. The van der Waals surface area contributed by atoms with Gasteiger partial charge in [0.05, 0.1) is 39.0 Å². The first-order chi connectivity index (χ1) is 22.0. The van der Waals surface area contributed by atoms with Crippen molar-refractivity contribution in [3.05, 3.63) is 71.2 Å². The topological polar surface area (TPSA) is 124 Å². The molecule has 2 amide bonds. The lowest BCUT2D eigenvalue weighted by molar-refractivity contribution is -0.140. The molecule has 0 aliphatic heterocycles. The smallest absolute Gasteiger partial charge is 0.265 e. The molecule has 0 unspecified atom stereocenters. The zero-order valence-electron chi connectivity index (χ0n) is 27.0. The molecule has 3 rings (SSSR count). The molecular weight excluding hydrogens is 634 g/mol. The number of carbonyl (C=O) groups is 2. The van der Waals surface area contributed by atoms with Crippen molar-refractivity contribution in [1.82, 2.24) is 10.2 Å². The molecular formula is C33H42ClN3O8S. The molecule has 0 saturated heterocycles. The quantitative estimate of drug-likeness (QED) is 0.192. The van der Waals surface area contributed by atoms with Crippen LogP contribution in [0.3, 0.4) is 0 Å². The van der Waals surface area contributed by atoms with Crippen LogP contribution in [-0.4, -0.2) is 72.7 Å². The lowest BCUT2D eigenvalue weighted by Gasteiger charge is -2.33. The van der Waals surface area contributed by atoms with Crippen LogP contribution in [0, 0.1) is 0 Å². The highest BCUT2D eigenvalue weighted by Crippen LogP contribution is 2.37. The number of amides is 2. The number of unbranched alkanes of at least 4 members (excludes halogenated alkanes) is 1. The highest BCUT2D eigenvalue weighted by atomic mass is 35.5. The van der Waals surface area contributed by atoms with Gasteiger partial charge in [0, 0.05) is 24.2 Å². The van der Waals surface area contributed by atoms with E-state index in [1.165, 1.54) is 63.7 Å². The van der Waals surface area contributed by atoms with Gasteiger partial charge in [-0.3, -0.25) is 13.9 Å². The van der Waals surface area contributed by atoms with Crippen LogP contribution in [0.4, 0.5) is 5.69 Å². The summed E-state index contributed by atoms with van der Waals surface area (Å²) in [6.07, 6.45) is 1.95. The van der Waals surface area contributed by atoms with Gasteiger partial charge in [-0.25, -0.2) is 8.42 Å². The monoisotopic (exact) mass is 675 g/mol. The number of sulfonamides is 1. The van der Waals surface area contributed by atoms with Gasteiger partial charge >= 0.3 is 0 Å². The second-order valence-electron chi connectivity index (χ2n) is 10.3. The summed E-state index contributed by atoms with van der Waals surface area (Å²) in [5.74, 6) is 0.306. The molecule has 0 heterocycles. The molecule has 0 aliphatic rings. The largest absolute Gasteiger partial charge is 0.497 e. The van der Waals surface area contributed by atoms with E-state index in [9.17, 15) is 18.0 Å². The number of hydrogen-bond donors (Lipinski definition) is 1. The summed E-state index contributed by atoms with van der Waals surface area (Å²) in [5.41, 5.74) is 0.738. The van der Waals surface area contributed by atoms with Crippen molar-refractivity contribution in [3.8, 4) is 23.0 Å². The molecule has 0 fully saturated rings. The van der Waals surface area contributed by atoms with Gasteiger partial charge in [-0.05, 0) is 60.9 Å². The molecule has 0 bridgehead atoms. The van der Waals surface area contributed by atoms with Crippen molar-refractivity contribution in [2.75, 3.05) is 45.8 Å². The minimum absolute atomic E-state index is 0.0205. The summed E-state index contributed by atoms with van der Waals surface area (Å²) in [6.45, 7) is 3.61. The zero-order chi connectivity index (χ0) is 33.9. The van der Waals surface area contributed by atoms with Gasteiger partial charge in [-0.15, -0.1) is 0 Å². The van der Waals surface area contributed by atoms with Crippen LogP contribution in [0.1, 0.15) is 38.7 Å². The number of nitrogens with one attached hydrogen (secondary N) is 1. The van der Waals surface area contributed by atoms with Crippen LogP contribution in [-0.2, 0) is 26.2 Å². The van der Waals surface area contributed by atoms with Crippen LogP contribution in [0.25, 0.3) is 0 Å². The van der Waals surface area contributed by atoms with E-state index < -0.39 is 28.5 Å². The summed E-state index contributed by atoms with van der Waals surface area (Å²) in [6, 6.07) is 14.8. The number of hydrogen-bond acceptors (Lipinski definition) is 8. The summed E-state index contributed by atoms with van der Waals surface area (Å²) < 4.78 is 51.2. The Morgan fingerprint density at radius 3 is 2.20 bits per heavy atom. The number of anilines is 1. The molecule has 0 aliphatic carbocycles. The average molecular weight is 676 g/mol. The van der Waals surface area contributed by atoms with Crippen LogP contribution in [0.15, 0.2) is 65.6 Å². The van der Waals surface area contributed by atoms with E-state index in [0.29, 0.717) is 23.6 Å². The first kappa shape index (κ1) is 36.3. The Labute approximate surface area is 276 Å². The van der Waals surface area contributed by atoms with Gasteiger partial charge in [-0.1, -0.05) is 44.0 Å². The third kappa shape index (κ3) is 8.76. The fourth-order valence-corrected chi connectivity index (χ4v) is 6.47. The van der Waals surface area contributed by atoms with E-state index in [2.05, 4.69) is 5.32 Å². The zero-order valence-corrected chi connectivity index (χ0v) is 28.6. The third-order valence-corrected chi connectivity index (χ3v) is 9.32. The van der Waals surface area contributed by atoms with Crippen molar-refractivity contribution < 1.29 is 37.0 Å². The van der Waals surface area contributed by atoms with E-state index in [0.717, 1.165) is 17.1 Å². The van der Waals surface area contributed by atoms with Gasteiger partial charge < -0.3 is 29.2 Å². The van der Waals surface area contributed by atoms with Crippen molar-refractivity contribution in [2.24, 2.45) is 0 Å². The Morgan fingerprint density at radius 1 is 0.870 bits per heavy atom. The molecule has 1 N–H and O–H groups in total. The number of benzene rings is 3. The van der Waals surface area contributed by atoms with Crippen LogP contribution in [0.5, 0.6) is 23.0 Å². The molecule has 0 saturated carbocycles. The molecule has 0 radical (unpaired) electrons. The third-order valence-electron chi connectivity index (χ3n) is 7.33. The normalized spacial score (nSPS) is 11.7. The van der Waals surface area contributed by atoms with E-state index in [1.54, 1.807) is 31.2 Å². The van der Waals surface area contributed by atoms with Crippen molar-refractivity contribution in [2.45, 2.75) is 50.6 Å². The first-order valence-corrected chi connectivity index (χ1v) is 16.6. The van der Waals surface area contributed by atoms with Crippen LogP contribution < -0.4 is 28.6 Å². The fraction of sp³-hybridized carbons (Fsp3) is 0.394. The molecule has 3 aromatic carbocycles. The molecule has 13 heteroatoms. The number of halogens is 1. The van der Waals surface area contributed by atoms with Gasteiger partial charge in [0.2, 0.25) is 11.8 Å². The maximum absolute atomic E-state index is 14.4. The average Bonchev–Trinajstić information content (AvgIpc) is 3.06. The van der Waals surface area contributed by atoms with Gasteiger partial charge in [-0.2, -0.15) is 0 Å². The Bertz CT molecular complexity index is 1600. The van der Waals surface area contributed by atoms with Crippen LogP contribution >= 0.6 is 11.6 Å². The first-order valence-electron chi connectivity index (χ1n) is 14.8. The minimum Gasteiger partial charge on any atom is -0.497 e. The summed E-state index contributed by atoms with van der Waals surface area (Å²) >= 11 is 6.34. The van der Waals surface area contributed by atoms with Crippen molar-refractivity contribution in [1.29, 1.82) is 0 Å². The van der Waals surface area contributed by atoms with Crippen LogP contribution in [0.2, 0.25) is 5.02 Å². The molecule has 0 spiro atoms. The molecule has 11 nitrogen and oxygen atoms in total. The summed E-state index contributed by atoms with van der Waals surface area (Å²) in [5, 5.41) is 3.14. The molecule has 1 atom stereocenters. The Morgan fingerprint density at radius 2 is 1.57 bits per heavy atom. The maximum atomic E-state index is 14.4. The summed E-state index contributed by atoms with van der Waals surface area (Å²) in [7, 11) is 1.30. The molecule has 250 valence electrons. The number of rotatable bonds is 17. The SMILES string of the molecule is CCCCNC(=O)[C@@H](CC)N(Cc1cccc(OC)c1)C(=O)CN(c1cc(Cl)ccc1OC)S(=O)(=O)c1ccc(OC)c(OC)c1. The maximum Gasteiger partial charge on any atom is 0.265 e. The molecule has 0 aromatic heterocycles.